The van der Waals surface area contributed by atoms with Gasteiger partial charge in [-0.1, -0.05) is 18.2 Å². The van der Waals surface area contributed by atoms with Crippen molar-refractivity contribution in [3.8, 4) is 11.3 Å². The van der Waals surface area contributed by atoms with E-state index < -0.39 is 23.6 Å². The largest absolute Gasteiger partial charge is 0.417 e. The zero-order chi connectivity index (χ0) is 22.5. The number of pyridine rings is 2. The Morgan fingerprint density at radius 3 is 2.72 bits per heavy atom. The van der Waals surface area contributed by atoms with Crippen molar-refractivity contribution in [1.29, 1.82) is 0 Å². The minimum Gasteiger partial charge on any atom is -0.366 e. The molecule has 1 N–H and O–H groups in total. The van der Waals surface area contributed by atoms with Gasteiger partial charge in [0, 0.05) is 24.8 Å². The third-order valence-corrected chi connectivity index (χ3v) is 5.69. The molecule has 6 nitrogen and oxygen atoms in total. The van der Waals surface area contributed by atoms with Gasteiger partial charge >= 0.3 is 12.2 Å². The molecule has 1 atom stereocenters. The van der Waals surface area contributed by atoms with E-state index >= 15 is 0 Å². The molecule has 0 saturated carbocycles. The number of carbonyl (C=O) groups is 1. The minimum absolute atomic E-state index is 0.0365. The molecule has 2 amide bonds. The van der Waals surface area contributed by atoms with Crippen molar-refractivity contribution in [2.24, 2.45) is 0 Å². The number of hydrogen-bond donors (Lipinski definition) is 1. The summed E-state index contributed by atoms with van der Waals surface area (Å²) in [6, 6.07) is 8.90. The first-order valence-corrected chi connectivity index (χ1v) is 9.95. The fourth-order valence-electron chi connectivity index (χ4n) is 4.23. The van der Waals surface area contributed by atoms with Gasteiger partial charge in [0.05, 0.1) is 34.9 Å². The van der Waals surface area contributed by atoms with Gasteiger partial charge in [0.1, 0.15) is 0 Å². The van der Waals surface area contributed by atoms with E-state index in [1.807, 2.05) is 4.90 Å². The van der Waals surface area contributed by atoms with Gasteiger partial charge in [-0.3, -0.25) is 9.88 Å². The maximum Gasteiger partial charge on any atom is 0.417 e. The van der Waals surface area contributed by atoms with Gasteiger partial charge in [0.15, 0.2) is 11.6 Å². The SMILES string of the molecule is O=C(Nc1ccncc1F)N1c2nc(-c3ccccc3C(F)(F)F)ccc2N2CC[C@H]1C2. The second-order valence-electron chi connectivity index (χ2n) is 7.63. The summed E-state index contributed by atoms with van der Waals surface area (Å²) in [5.41, 5.74) is -0.160. The van der Waals surface area contributed by atoms with Gasteiger partial charge < -0.3 is 10.2 Å². The van der Waals surface area contributed by atoms with Crippen molar-refractivity contribution in [3.05, 3.63) is 66.2 Å². The minimum atomic E-state index is -4.55. The molecule has 2 bridgehead atoms. The highest BCUT2D eigenvalue weighted by Gasteiger charge is 2.41. The van der Waals surface area contributed by atoms with Crippen molar-refractivity contribution < 1.29 is 22.4 Å². The first kappa shape index (κ1) is 20.2. The Morgan fingerprint density at radius 2 is 1.94 bits per heavy atom. The van der Waals surface area contributed by atoms with Crippen LogP contribution >= 0.6 is 0 Å². The van der Waals surface area contributed by atoms with E-state index in [2.05, 4.69) is 15.3 Å². The molecular weight excluding hydrogens is 426 g/mol. The van der Waals surface area contributed by atoms with E-state index in [9.17, 15) is 22.4 Å². The highest BCUT2D eigenvalue weighted by Crippen LogP contribution is 2.42. The van der Waals surface area contributed by atoms with Crippen LogP contribution in [0, 0.1) is 5.82 Å². The number of hydrogen-bond acceptors (Lipinski definition) is 4. The van der Waals surface area contributed by atoms with Gasteiger partial charge in [0.25, 0.3) is 0 Å². The molecule has 3 aromatic rings. The summed E-state index contributed by atoms with van der Waals surface area (Å²) in [4.78, 5) is 24.7. The molecule has 0 spiro atoms. The summed E-state index contributed by atoms with van der Waals surface area (Å²) < 4.78 is 54.6. The Kier molecular flexibility index (Phi) is 4.72. The lowest BCUT2D eigenvalue weighted by molar-refractivity contribution is -0.137. The van der Waals surface area contributed by atoms with Crippen molar-refractivity contribution >= 4 is 23.2 Å². The fraction of sp³-hybridized carbons (Fsp3) is 0.227. The van der Waals surface area contributed by atoms with Gasteiger partial charge in [-0.05, 0) is 30.7 Å². The van der Waals surface area contributed by atoms with Crippen LogP contribution in [0.15, 0.2) is 54.9 Å². The summed E-state index contributed by atoms with van der Waals surface area (Å²) in [6.45, 7) is 1.25. The topological polar surface area (TPSA) is 61.4 Å². The molecule has 164 valence electrons. The fourth-order valence-corrected chi connectivity index (χ4v) is 4.23. The van der Waals surface area contributed by atoms with Crippen LogP contribution < -0.4 is 15.1 Å². The molecule has 2 aliphatic heterocycles. The average Bonchev–Trinajstić information content (AvgIpc) is 3.19. The molecule has 4 heterocycles. The number of halogens is 4. The van der Waals surface area contributed by atoms with Crippen molar-refractivity contribution in [2.75, 3.05) is 28.2 Å². The lowest BCUT2D eigenvalue weighted by Crippen LogP contribution is -2.48. The Morgan fingerprint density at radius 1 is 1.12 bits per heavy atom. The van der Waals surface area contributed by atoms with Crippen LogP contribution in [0.4, 0.5) is 39.5 Å². The number of nitrogens with zero attached hydrogens (tertiary/aromatic N) is 4. The molecule has 10 heteroatoms. The highest BCUT2D eigenvalue weighted by molar-refractivity contribution is 6.04. The van der Waals surface area contributed by atoms with Gasteiger partial charge in [-0.15, -0.1) is 0 Å². The first-order valence-electron chi connectivity index (χ1n) is 9.95. The van der Waals surface area contributed by atoms with Crippen molar-refractivity contribution in [2.45, 2.75) is 18.6 Å². The maximum absolute atomic E-state index is 14.0. The Bertz CT molecular complexity index is 1200. The van der Waals surface area contributed by atoms with Gasteiger partial charge in [0.2, 0.25) is 0 Å². The lowest BCUT2D eigenvalue weighted by Gasteiger charge is -2.36. The molecular formula is C22H17F4N5O. The number of alkyl halides is 3. The average molecular weight is 443 g/mol. The number of rotatable bonds is 2. The van der Waals surface area contributed by atoms with Crippen LogP contribution in [0.25, 0.3) is 11.3 Å². The number of anilines is 3. The molecule has 0 aliphatic carbocycles. The summed E-state index contributed by atoms with van der Waals surface area (Å²) in [5.74, 6) is -0.438. The molecule has 32 heavy (non-hydrogen) atoms. The zero-order valence-corrected chi connectivity index (χ0v) is 16.6. The molecule has 0 unspecified atom stereocenters. The summed E-state index contributed by atoms with van der Waals surface area (Å²) in [6.07, 6.45) is -1.55. The summed E-state index contributed by atoms with van der Waals surface area (Å²) >= 11 is 0. The Hall–Kier alpha value is -3.69. The summed E-state index contributed by atoms with van der Waals surface area (Å²) in [5, 5.41) is 2.53. The van der Waals surface area contributed by atoms with Crippen LogP contribution in [0.1, 0.15) is 12.0 Å². The van der Waals surface area contributed by atoms with Crippen molar-refractivity contribution in [1.82, 2.24) is 9.97 Å². The van der Waals surface area contributed by atoms with Crippen LogP contribution in [0.2, 0.25) is 0 Å². The van der Waals surface area contributed by atoms with Crippen LogP contribution in [0.5, 0.6) is 0 Å². The number of nitrogens with one attached hydrogen (secondary N) is 1. The second kappa shape index (κ2) is 7.47. The van der Waals surface area contributed by atoms with Crippen LogP contribution in [-0.2, 0) is 6.18 Å². The molecule has 2 aliphatic rings. The second-order valence-corrected chi connectivity index (χ2v) is 7.63. The zero-order valence-electron chi connectivity index (χ0n) is 16.6. The molecule has 1 saturated heterocycles. The van der Waals surface area contributed by atoms with Gasteiger partial charge in [-0.25, -0.2) is 14.2 Å². The van der Waals surface area contributed by atoms with E-state index in [4.69, 9.17) is 0 Å². The van der Waals surface area contributed by atoms with E-state index in [1.54, 1.807) is 6.07 Å². The number of urea groups is 1. The third kappa shape index (κ3) is 3.41. The normalized spacial score (nSPS) is 17.3. The lowest BCUT2D eigenvalue weighted by atomic mass is 10.0. The van der Waals surface area contributed by atoms with E-state index in [-0.39, 0.29) is 28.8 Å². The predicted octanol–water partition coefficient (Wildman–Crippen LogP) is 4.93. The van der Waals surface area contributed by atoms with E-state index in [1.165, 1.54) is 41.4 Å². The molecule has 1 fully saturated rings. The number of carbonyl (C=O) groups excluding carboxylic acids is 1. The molecule has 2 aromatic heterocycles. The van der Waals surface area contributed by atoms with E-state index in [0.29, 0.717) is 25.2 Å². The van der Waals surface area contributed by atoms with Crippen LogP contribution in [-0.4, -0.2) is 35.1 Å². The Labute approximate surface area is 180 Å². The molecule has 1 aromatic carbocycles. The third-order valence-electron chi connectivity index (χ3n) is 5.69. The number of aromatic nitrogens is 2. The number of amides is 2. The highest BCUT2D eigenvalue weighted by atomic mass is 19.4. The van der Waals surface area contributed by atoms with Crippen molar-refractivity contribution in [3.63, 3.8) is 0 Å². The molecule has 5 rings (SSSR count). The quantitative estimate of drug-likeness (QED) is 0.571. The first-order chi connectivity index (χ1) is 15.3. The molecule has 0 radical (unpaired) electrons. The predicted molar refractivity (Wildman–Crippen MR) is 111 cm³/mol. The van der Waals surface area contributed by atoms with Gasteiger partial charge in [-0.2, -0.15) is 13.2 Å². The smallest absolute Gasteiger partial charge is 0.366 e. The standard InChI is InChI=1S/C22H17F4N5O/c23-16-11-27-9-7-18(16)29-21(32)31-13-8-10-30(12-13)19-6-5-17(28-20(19)31)14-3-1-2-4-15(14)22(24,25)26/h1-7,9,11,13H,8,10,12H2,(H,27,29,32)/t13-/m0/s1. The van der Waals surface area contributed by atoms with Crippen LogP contribution in [0.3, 0.4) is 0 Å². The van der Waals surface area contributed by atoms with E-state index in [0.717, 1.165) is 12.3 Å². The summed E-state index contributed by atoms with van der Waals surface area (Å²) in [7, 11) is 0. The number of fused-ring (bicyclic) bond motifs is 4. The Balaban J connectivity index is 1.57. The number of benzene rings is 1. The maximum atomic E-state index is 14.0. The monoisotopic (exact) mass is 443 g/mol.